The van der Waals surface area contributed by atoms with E-state index < -0.39 is 63.9 Å². The second kappa shape index (κ2) is 4.99. The second-order valence-corrected chi connectivity index (χ2v) is 6.78. The molecule has 25 heavy (non-hydrogen) atoms. The lowest BCUT2D eigenvalue weighted by Gasteiger charge is -2.55. The number of Topliss-reactive ketones (excluding diaryl/α,β-unsaturated/α-hetero) is 2. The van der Waals surface area contributed by atoms with Crippen molar-refractivity contribution >= 4 is 11.6 Å². The van der Waals surface area contributed by atoms with E-state index in [2.05, 4.69) is 0 Å². The first kappa shape index (κ1) is 17.8. The Hall–Kier alpha value is -2.04. The van der Waals surface area contributed by atoms with Crippen molar-refractivity contribution in [3.05, 3.63) is 23.3 Å². The molecule has 1 saturated carbocycles. The van der Waals surface area contributed by atoms with Gasteiger partial charge in [0.15, 0.2) is 17.0 Å². The van der Waals surface area contributed by atoms with Gasteiger partial charge in [-0.25, -0.2) is 0 Å². The van der Waals surface area contributed by atoms with Crippen LogP contribution in [-0.2, 0) is 0 Å². The minimum atomic E-state index is -3.09. The van der Waals surface area contributed by atoms with Gasteiger partial charge in [-0.1, -0.05) is 0 Å². The molecular weight excluding hydrogens is 336 g/mol. The average Bonchev–Trinajstić information content (AvgIpc) is 2.54. The van der Waals surface area contributed by atoms with Crippen LogP contribution in [0.2, 0.25) is 0 Å². The minimum Gasteiger partial charge on any atom is -0.508 e. The van der Waals surface area contributed by atoms with Gasteiger partial charge in [0.1, 0.15) is 23.7 Å². The summed E-state index contributed by atoms with van der Waals surface area (Å²) in [6, 6.07) is 1.95. The van der Waals surface area contributed by atoms with Crippen LogP contribution in [0.15, 0.2) is 12.1 Å². The molecule has 3 rings (SSSR count). The molecule has 136 valence electrons. The summed E-state index contributed by atoms with van der Waals surface area (Å²) < 4.78 is 4.95. The van der Waals surface area contributed by atoms with Gasteiger partial charge >= 0.3 is 0 Å². The van der Waals surface area contributed by atoms with Crippen molar-refractivity contribution in [2.75, 3.05) is 7.11 Å². The van der Waals surface area contributed by atoms with E-state index in [9.17, 15) is 40.2 Å². The van der Waals surface area contributed by atoms with Crippen molar-refractivity contribution in [1.29, 1.82) is 0 Å². The second-order valence-electron chi connectivity index (χ2n) is 6.78. The van der Waals surface area contributed by atoms with E-state index in [0.717, 1.165) is 26.2 Å². The number of carbonyl (C=O) groups excluding carboxylic acids is 2. The maximum Gasteiger partial charge on any atom is 0.205 e. The van der Waals surface area contributed by atoms with Gasteiger partial charge < -0.3 is 35.4 Å². The van der Waals surface area contributed by atoms with E-state index in [4.69, 9.17) is 4.74 Å². The molecule has 0 amide bonds. The van der Waals surface area contributed by atoms with Gasteiger partial charge in [0.2, 0.25) is 5.78 Å². The largest absolute Gasteiger partial charge is 0.508 e. The average molecular weight is 354 g/mol. The first-order chi connectivity index (χ1) is 11.4. The topological polar surface area (TPSA) is 165 Å². The highest BCUT2D eigenvalue weighted by Crippen LogP contribution is 2.50. The van der Waals surface area contributed by atoms with Crippen molar-refractivity contribution in [3.8, 4) is 11.5 Å². The van der Waals surface area contributed by atoms with E-state index in [0.29, 0.717) is 0 Å². The molecule has 0 heterocycles. The highest BCUT2D eigenvalue weighted by atomic mass is 16.5. The Morgan fingerprint density at radius 1 is 1.08 bits per heavy atom. The fourth-order valence-corrected chi connectivity index (χ4v) is 3.73. The molecule has 0 bridgehead atoms. The molecule has 1 aromatic carbocycles. The molecule has 0 spiro atoms. The highest BCUT2D eigenvalue weighted by Gasteiger charge is 2.74. The lowest BCUT2D eigenvalue weighted by molar-refractivity contribution is -0.260. The number of fused-ring (bicyclic) bond motifs is 2. The first-order valence-electron chi connectivity index (χ1n) is 7.45. The number of hydrogen-bond acceptors (Lipinski definition) is 9. The lowest BCUT2D eigenvalue weighted by atomic mass is 9.55. The molecule has 6 N–H and O–H groups in total. The van der Waals surface area contributed by atoms with Crippen LogP contribution in [0.25, 0.3) is 0 Å². The number of aliphatic hydroxyl groups is 5. The summed E-state index contributed by atoms with van der Waals surface area (Å²) in [5.41, 5.74) is -9.02. The smallest absolute Gasteiger partial charge is 0.205 e. The normalized spacial score (nSPS) is 40.4. The Morgan fingerprint density at radius 2 is 1.68 bits per heavy atom. The van der Waals surface area contributed by atoms with Crippen molar-refractivity contribution in [2.45, 2.75) is 42.4 Å². The summed E-state index contributed by atoms with van der Waals surface area (Å²) in [6.45, 7) is 1.05. The molecule has 1 aromatic rings. The molecule has 0 aromatic heterocycles. The van der Waals surface area contributed by atoms with Gasteiger partial charge in [-0.05, 0) is 13.0 Å². The van der Waals surface area contributed by atoms with Crippen molar-refractivity contribution in [1.82, 2.24) is 0 Å². The standard InChI is InChI=1S/C16H18O9/c1-14(22)5-15(23)10(18)7-3-6(17)4-8(25-2)9(7)11(19)16(15,24)13(21)12(14)20/h3-4,12-13,17,20-24H,5H2,1-2H3/t12-,13-,14+,15?,16?/m0/s1. The van der Waals surface area contributed by atoms with Crippen LogP contribution in [0, 0.1) is 0 Å². The number of phenols is 1. The molecule has 2 unspecified atom stereocenters. The fourth-order valence-electron chi connectivity index (χ4n) is 3.73. The number of ketones is 2. The zero-order valence-electron chi connectivity index (χ0n) is 13.4. The quantitative estimate of drug-likeness (QED) is 0.338. The number of hydrogen-bond donors (Lipinski definition) is 6. The van der Waals surface area contributed by atoms with Crippen LogP contribution >= 0.6 is 0 Å². The monoisotopic (exact) mass is 354 g/mol. The predicted molar refractivity (Wildman–Crippen MR) is 80.5 cm³/mol. The predicted octanol–water partition coefficient (Wildman–Crippen LogP) is -1.88. The Balaban J connectivity index is 2.35. The number of carbonyl (C=O) groups is 2. The minimum absolute atomic E-state index is 0.247. The molecule has 9 nitrogen and oxygen atoms in total. The number of methoxy groups -OCH3 is 1. The Bertz CT molecular complexity index is 786. The third-order valence-electron chi connectivity index (χ3n) is 5.11. The third-order valence-corrected chi connectivity index (χ3v) is 5.11. The van der Waals surface area contributed by atoms with Crippen LogP contribution in [-0.4, -0.2) is 78.3 Å². The molecule has 0 aliphatic heterocycles. The van der Waals surface area contributed by atoms with Crippen LogP contribution in [0.5, 0.6) is 11.5 Å². The van der Waals surface area contributed by atoms with Crippen molar-refractivity contribution in [3.63, 3.8) is 0 Å². The SMILES string of the molecule is COc1cc(O)cc2c1C(=O)C1(O)[C@@H](O)[C@H](O)[C@](C)(O)CC1(O)C2=O. The number of ether oxygens (including phenoxy) is 1. The number of phenolic OH excluding ortho intramolecular Hbond substituents is 1. The maximum atomic E-state index is 12.9. The van der Waals surface area contributed by atoms with Gasteiger partial charge in [0.25, 0.3) is 0 Å². The zero-order valence-corrected chi connectivity index (χ0v) is 13.4. The Kier molecular flexibility index (Phi) is 3.55. The van der Waals surface area contributed by atoms with Crippen LogP contribution in [0.1, 0.15) is 34.1 Å². The summed E-state index contributed by atoms with van der Waals surface area (Å²) in [6.07, 6.45) is -5.25. The molecule has 2 aliphatic carbocycles. The Morgan fingerprint density at radius 3 is 2.24 bits per heavy atom. The lowest BCUT2D eigenvalue weighted by Crippen LogP contribution is -2.80. The molecule has 0 radical (unpaired) electrons. The molecule has 5 atom stereocenters. The van der Waals surface area contributed by atoms with E-state index in [1.54, 1.807) is 0 Å². The van der Waals surface area contributed by atoms with E-state index in [1.165, 1.54) is 0 Å². The summed E-state index contributed by atoms with van der Waals surface area (Å²) in [5.74, 6) is -3.12. The number of aliphatic hydroxyl groups excluding tert-OH is 2. The summed E-state index contributed by atoms with van der Waals surface area (Å²) in [5, 5.41) is 61.9. The molecule has 0 saturated heterocycles. The van der Waals surface area contributed by atoms with Crippen molar-refractivity contribution < 1.29 is 45.0 Å². The number of benzene rings is 1. The summed E-state index contributed by atoms with van der Waals surface area (Å²) in [7, 11) is 1.16. The van der Waals surface area contributed by atoms with E-state index in [-0.39, 0.29) is 5.75 Å². The van der Waals surface area contributed by atoms with Gasteiger partial charge in [0.05, 0.1) is 18.3 Å². The van der Waals surface area contributed by atoms with Crippen LogP contribution in [0.4, 0.5) is 0 Å². The number of rotatable bonds is 1. The maximum absolute atomic E-state index is 12.9. The first-order valence-corrected chi connectivity index (χ1v) is 7.45. The summed E-state index contributed by atoms with van der Waals surface area (Å²) >= 11 is 0. The third kappa shape index (κ3) is 1.95. The van der Waals surface area contributed by atoms with Gasteiger partial charge in [0, 0.05) is 18.1 Å². The molecular formula is C16H18O9. The molecule has 9 heteroatoms. The zero-order chi connectivity index (χ0) is 18.9. The van der Waals surface area contributed by atoms with Crippen LogP contribution < -0.4 is 4.74 Å². The van der Waals surface area contributed by atoms with Gasteiger partial charge in [-0.2, -0.15) is 0 Å². The van der Waals surface area contributed by atoms with E-state index >= 15 is 0 Å². The molecule has 2 aliphatic rings. The van der Waals surface area contributed by atoms with Gasteiger partial charge in [-0.15, -0.1) is 0 Å². The summed E-state index contributed by atoms with van der Waals surface area (Å²) in [4.78, 5) is 25.8. The van der Waals surface area contributed by atoms with Crippen molar-refractivity contribution in [2.24, 2.45) is 0 Å². The van der Waals surface area contributed by atoms with Crippen LogP contribution in [0.3, 0.4) is 0 Å². The molecule has 1 fully saturated rings. The fraction of sp³-hybridized carbons (Fsp3) is 0.500. The Labute approximate surface area is 141 Å². The van der Waals surface area contributed by atoms with E-state index in [1.807, 2.05) is 0 Å². The van der Waals surface area contributed by atoms with Gasteiger partial charge in [-0.3, -0.25) is 9.59 Å². The number of aromatic hydroxyl groups is 1. The highest BCUT2D eigenvalue weighted by molar-refractivity contribution is 6.23.